The molecule has 2 aliphatic rings. The van der Waals surface area contributed by atoms with Gasteiger partial charge in [0.15, 0.2) is 4.90 Å². The van der Waals surface area contributed by atoms with Crippen molar-refractivity contribution in [2.24, 2.45) is 11.7 Å². The highest BCUT2D eigenvalue weighted by Crippen LogP contribution is 2.51. The topological polar surface area (TPSA) is 105 Å². The molecule has 168 valence electrons. The van der Waals surface area contributed by atoms with E-state index in [1.807, 2.05) is 30.3 Å². The van der Waals surface area contributed by atoms with Crippen LogP contribution < -0.4 is 5.73 Å². The summed E-state index contributed by atoms with van der Waals surface area (Å²) < 4.78 is 34.2. The van der Waals surface area contributed by atoms with Gasteiger partial charge in [-0.15, -0.1) is 0 Å². The average Bonchev–Trinajstić information content (AvgIpc) is 3.14. The quantitative estimate of drug-likeness (QED) is 0.361. The largest absolute Gasteiger partial charge is 0.611 e. The van der Waals surface area contributed by atoms with Crippen molar-refractivity contribution in [3.05, 3.63) is 65.2 Å². The minimum atomic E-state index is -4.12. The second kappa shape index (κ2) is 9.36. The van der Waals surface area contributed by atoms with Gasteiger partial charge in [-0.25, -0.2) is 4.57 Å². The Kier molecular flexibility index (Phi) is 6.94. The predicted molar refractivity (Wildman–Crippen MR) is 121 cm³/mol. The van der Waals surface area contributed by atoms with Crippen molar-refractivity contribution in [2.45, 2.75) is 55.1 Å². The number of phosphoric ester groups is 1. The van der Waals surface area contributed by atoms with Crippen molar-refractivity contribution in [1.82, 2.24) is 0 Å². The number of benzene rings is 2. The monoisotopic (exact) mass is 463 g/mol. The molecule has 4 rings (SSSR count). The van der Waals surface area contributed by atoms with Crippen LogP contribution in [0.5, 0.6) is 0 Å². The highest BCUT2D eigenvalue weighted by atomic mass is 32.2. The van der Waals surface area contributed by atoms with Gasteiger partial charge in [-0.3, -0.25) is 9.05 Å². The third-order valence-corrected chi connectivity index (χ3v) is 9.09. The number of rotatable bonds is 7. The Bertz CT molecular complexity index is 958. The van der Waals surface area contributed by atoms with E-state index in [9.17, 15) is 14.0 Å². The van der Waals surface area contributed by atoms with Gasteiger partial charge in [-0.1, -0.05) is 36.4 Å². The van der Waals surface area contributed by atoms with Crippen molar-refractivity contribution in [1.29, 1.82) is 0 Å². The highest BCUT2D eigenvalue weighted by Gasteiger charge is 2.43. The molecule has 0 aliphatic heterocycles. The number of fused-ring (bicyclic) bond motifs is 1. The fourth-order valence-corrected chi connectivity index (χ4v) is 6.87. The Hall–Kier alpha value is -1.18. The highest BCUT2D eigenvalue weighted by molar-refractivity contribution is 7.91. The molecule has 31 heavy (non-hydrogen) atoms. The predicted octanol–water partition coefficient (Wildman–Crippen LogP) is 4.29. The molecule has 5 atom stereocenters. The van der Waals surface area contributed by atoms with Gasteiger partial charge in [0.25, 0.3) is 0 Å². The first kappa shape index (κ1) is 23.0. The summed E-state index contributed by atoms with van der Waals surface area (Å²) in [5, 5.41) is 0. The zero-order valence-electron chi connectivity index (χ0n) is 17.7. The van der Waals surface area contributed by atoms with Crippen molar-refractivity contribution in [3.8, 4) is 0 Å². The maximum absolute atomic E-state index is 12.7. The third kappa shape index (κ3) is 5.60. The van der Waals surface area contributed by atoms with Crippen LogP contribution in [0.3, 0.4) is 0 Å². The van der Waals surface area contributed by atoms with Crippen LogP contribution in [0, 0.1) is 5.92 Å². The van der Waals surface area contributed by atoms with Gasteiger partial charge < -0.3 is 15.2 Å². The Morgan fingerprint density at radius 3 is 2.74 bits per heavy atom. The summed E-state index contributed by atoms with van der Waals surface area (Å²) in [6.45, 7) is 0. The Balaban J connectivity index is 1.39. The van der Waals surface area contributed by atoms with E-state index in [4.69, 9.17) is 10.3 Å². The number of hydrogen-bond donors (Lipinski definition) is 2. The van der Waals surface area contributed by atoms with E-state index in [1.165, 1.54) is 16.7 Å². The summed E-state index contributed by atoms with van der Waals surface area (Å²) in [7, 11) is -2.97. The zero-order chi connectivity index (χ0) is 22.1. The molecule has 3 N–H and O–H groups in total. The van der Waals surface area contributed by atoms with Crippen LogP contribution in [0.25, 0.3) is 0 Å². The third-order valence-electron chi connectivity index (χ3n) is 6.46. The zero-order valence-corrected chi connectivity index (χ0v) is 19.4. The lowest BCUT2D eigenvalue weighted by Gasteiger charge is -2.27. The Morgan fingerprint density at radius 1 is 1.23 bits per heavy atom. The van der Waals surface area contributed by atoms with E-state index >= 15 is 0 Å². The summed E-state index contributed by atoms with van der Waals surface area (Å²) >= 11 is -0.964. The fraction of sp³-hybridized carbons (Fsp3) is 0.478. The number of aryl methyl sites for hydroxylation is 1. The molecule has 1 fully saturated rings. The van der Waals surface area contributed by atoms with E-state index in [0.717, 1.165) is 37.7 Å². The standard InChI is InChI=1S/C23H30NO5PS/c1-28-30(25,26)29-23(24)12-11-21(15-23)20-10-9-18-13-17(7-8-19(18)14-20)16-31(27)22-5-3-2-4-6-22/h2-6,9-10,14,17,21H,7-8,11-13,15-16,24H2,1H3,(H,25,26)/t17-,21-,23+,31?/m0/s1. The van der Waals surface area contributed by atoms with E-state index in [2.05, 4.69) is 22.7 Å². The molecular formula is C23H30NO5PS. The smallest absolute Gasteiger partial charge is 0.473 e. The molecule has 0 radical (unpaired) electrons. The Morgan fingerprint density at radius 2 is 2.00 bits per heavy atom. The first-order valence-corrected chi connectivity index (χ1v) is 13.5. The van der Waals surface area contributed by atoms with Crippen LogP contribution in [-0.2, 0) is 37.6 Å². The lowest BCUT2D eigenvalue weighted by atomic mass is 9.82. The fourth-order valence-electron chi connectivity index (χ4n) is 4.80. The molecule has 0 heterocycles. The summed E-state index contributed by atoms with van der Waals surface area (Å²) in [5.41, 5.74) is 8.97. The lowest BCUT2D eigenvalue weighted by molar-refractivity contribution is 0.0368. The SMILES string of the molecule is COP(=O)(O)O[C@]1(N)CC[C@H](c2ccc3c(c2)CC[C@H](C[S+]([O-])c2ccccc2)C3)C1. The van der Waals surface area contributed by atoms with Gasteiger partial charge in [0.2, 0.25) is 0 Å². The second-order valence-corrected chi connectivity index (χ2v) is 11.7. The minimum Gasteiger partial charge on any atom is -0.611 e. The van der Waals surface area contributed by atoms with E-state index in [0.29, 0.717) is 24.5 Å². The molecule has 2 aromatic rings. The molecule has 0 aromatic heterocycles. The lowest BCUT2D eigenvalue weighted by Crippen LogP contribution is -2.39. The molecule has 2 aromatic carbocycles. The molecule has 2 unspecified atom stereocenters. The van der Waals surface area contributed by atoms with Crippen LogP contribution in [-0.4, -0.2) is 28.0 Å². The molecule has 2 aliphatic carbocycles. The maximum atomic E-state index is 12.7. The first-order valence-electron chi connectivity index (χ1n) is 10.7. The molecule has 0 amide bonds. The van der Waals surface area contributed by atoms with Crippen molar-refractivity contribution in [2.75, 3.05) is 12.9 Å². The van der Waals surface area contributed by atoms with E-state index in [1.54, 1.807) is 0 Å². The van der Waals surface area contributed by atoms with Crippen LogP contribution >= 0.6 is 7.82 Å². The summed E-state index contributed by atoms with van der Waals surface area (Å²) in [6, 6.07) is 16.3. The molecule has 0 saturated heterocycles. The molecule has 8 heteroatoms. The summed E-state index contributed by atoms with van der Waals surface area (Å²) in [6.07, 6.45) is 4.76. The molecule has 0 bridgehead atoms. The minimum absolute atomic E-state index is 0.190. The number of hydrogen-bond acceptors (Lipinski definition) is 5. The van der Waals surface area contributed by atoms with Crippen LogP contribution in [0.1, 0.15) is 48.3 Å². The number of nitrogens with two attached hydrogens (primary N) is 1. The van der Waals surface area contributed by atoms with Crippen LogP contribution in [0.15, 0.2) is 53.4 Å². The van der Waals surface area contributed by atoms with Gasteiger partial charge in [0.05, 0.1) is 0 Å². The maximum Gasteiger partial charge on any atom is 0.473 e. The normalized spacial score (nSPS) is 28.6. The van der Waals surface area contributed by atoms with E-state index < -0.39 is 24.7 Å². The average molecular weight is 464 g/mol. The van der Waals surface area contributed by atoms with Gasteiger partial charge in [0.1, 0.15) is 11.5 Å². The van der Waals surface area contributed by atoms with Gasteiger partial charge in [-0.2, -0.15) is 0 Å². The Labute approximate surface area is 186 Å². The van der Waals surface area contributed by atoms with Gasteiger partial charge >= 0.3 is 7.82 Å². The second-order valence-electron chi connectivity index (χ2n) is 8.71. The van der Waals surface area contributed by atoms with Crippen LogP contribution in [0.2, 0.25) is 0 Å². The first-order chi connectivity index (χ1) is 14.8. The molecule has 0 spiro atoms. The van der Waals surface area contributed by atoms with Crippen molar-refractivity contribution < 1.29 is 23.1 Å². The number of phosphoric acid groups is 1. The van der Waals surface area contributed by atoms with Gasteiger partial charge in [-0.05, 0) is 84.4 Å². The summed E-state index contributed by atoms with van der Waals surface area (Å²) in [5.74, 6) is 1.31. The molecular weight excluding hydrogens is 433 g/mol. The molecule has 1 saturated carbocycles. The van der Waals surface area contributed by atoms with Gasteiger partial charge in [0, 0.05) is 13.0 Å². The van der Waals surface area contributed by atoms with Crippen molar-refractivity contribution >= 4 is 19.0 Å². The van der Waals surface area contributed by atoms with E-state index in [-0.39, 0.29) is 5.92 Å². The molecule has 6 nitrogen and oxygen atoms in total. The van der Waals surface area contributed by atoms with Crippen molar-refractivity contribution in [3.63, 3.8) is 0 Å². The van der Waals surface area contributed by atoms with Crippen LogP contribution in [0.4, 0.5) is 0 Å². The summed E-state index contributed by atoms with van der Waals surface area (Å²) in [4.78, 5) is 10.5.